The highest BCUT2D eigenvalue weighted by molar-refractivity contribution is 9.10. The highest BCUT2D eigenvalue weighted by Crippen LogP contribution is 2.35. The largest absolute Gasteiger partial charge is 0.496 e. The summed E-state index contributed by atoms with van der Waals surface area (Å²) in [7, 11) is 1.63. The molecule has 0 bridgehead atoms. The molecule has 5 heteroatoms. The van der Waals surface area contributed by atoms with E-state index in [2.05, 4.69) is 33.1 Å². The van der Waals surface area contributed by atoms with Gasteiger partial charge in [0.05, 0.1) is 11.6 Å². The van der Waals surface area contributed by atoms with Crippen LogP contribution in [0, 0.1) is 11.8 Å². The Bertz CT molecular complexity index is 549. The maximum Gasteiger partial charge on any atom is 0.254 e. The van der Waals surface area contributed by atoms with Crippen LogP contribution in [0.4, 0.5) is 0 Å². The van der Waals surface area contributed by atoms with E-state index < -0.39 is 0 Å². The van der Waals surface area contributed by atoms with E-state index in [1.807, 2.05) is 18.2 Å². The maximum absolute atomic E-state index is 12.8. The molecule has 0 saturated carbocycles. The van der Waals surface area contributed by atoms with Crippen molar-refractivity contribution in [3.63, 3.8) is 0 Å². The first-order valence-corrected chi connectivity index (χ1v) is 8.30. The second-order valence-electron chi connectivity index (χ2n) is 5.86. The number of ether oxygens (including phenoxy) is 1. The molecule has 3 rings (SSSR count). The fourth-order valence-electron chi connectivity index (χ4n) is 3.74. The van der Waals surface area contributed by atoms with E-state index >= 15 is 0 Å². The summed E-state index contributed by atoms with van der Waals surface area (Å²) in [4.78, 5) is 14.9. The van der Waals surface area contributed by atoms with Gasteiger partial charge in [0.15, 0.2) is 0 Å². The van der Waals surface area contributed by atoms with Crippen LogP contribution in [0.2, 0.25) is 0 Å². The van der Waals surface area contributed by atoms with Crippen molar-refractivity contribution >= 4 is 21.8 Å². The zero-order chi connectivity index (χ0) is 15.0. The van der Waals surface area contributed by atoms with Gasteiger partial charge in [-0.2, -0.15) is 0 Å². The van der Waals surface area contributed by atoms with Crippen LogP contribution in [0.1, 0.15) is 23.7 Å². The lowest BCUT2D eigenvalue weighted by molar-refractivity contribution is 0.0711. The van der Waals surface area contributed by atoms with E-state index in [1.165, 1.54) is 0 Å². The standard InChI is InChI=1S/C16H21BrN2O2/c1-3-14-12-8-18-7-11(12)9-19(14)16(20)10-4-5-15(21-2)13(17)6-10/h4-6,11-12,14,18H,3,7-9H2,1-2H3. The third-order valence-corrected chi connectivity index (χ3v) is 5.42. The Balaban J connectivity index is 1.83. The number of nitrogens with one attached hydrogen (secondary N) is 1. The van der Waals surface area contributed by atoms with Crippen LogP contribution in [0.5, 0.6) is 5.75 Å². The van der Waals surface area contributed by atoms with Crippen molar-refractivity contribution in [3.8, 4) is 5.75 Å². The molecule has 2 saturated heterocycles. The quantitative estimate of drug-likeness (QED) is 0.908. The molecule has 2 aliphatic rings. The molecule has 2 fully saturated rings. The van der Waals surface area contributed by atoms with Crippen molar-refractivity contribution in [1.82, 2.24) is 10.2 Å². The van der Waals surface area contributed by atoms with Gasteiger partial charge >= 0.3 is 0 Å². The molecule has 1 amide bonds. The second-order valence-corrected chi connectivity index (χ2v) is 6.72. The average Bonchev–Trinajstić information content (AvgIpc) is 3.06. The Morgan fingerprint density at radius 3 is 2.95 bits per heavy atom. The molecular weight excluding hydrogens is 332 g/mol. The van der Waals surface area contributed by atoms with E-state index in [4.69, 9.17) is 4.74 Å². The smallest absolute Gasteiger partial charge is 0.254 e. The molecule has 114 valence electrons. The number of hydrogen-bond acceptors (Lipinski definition) is 3. The van der Waals surface area contributed by atoms with Gasteiger partial charge in [-0.1, -0.05) is 6.92 Å². The summed E-state index contributed by atoms with van der Waals surface area (Å²) < 4.78 is 6.05. The van der Waals surface area contributed by atoms with Gasteiger partial charge in [0.2, 0.25) is 0 Å². The van der Waals surface area contributed by atoms with Crippen molar-refractivity contribution in [2.45, 2.75) is 19.4 Å². The highest BCUT2D eigenvalue weighted by atomic mass is 79.9. The van der Waals surface area contributed by atoms with Gasteiger partial charge in [-0.05, 0) is 52.4 Å². The number of carbonyl (C=O) groups excluding carboxylic acids is 1. The molecule has 0 aliphatic carbocycles. The fraction of sp³-hybridized carbons (Fsp3) is 0.562. The van der Waals surface area contributed by atoms with Gasteiger partial charge in [0, 0.05) is 31.2 Å². The molecule has 1 aromatic rings. The average molecular weight is 353 g/mol. The van der Waals surface area contributed by atoms with Crippen molar-refractivity contribution in [1.29, 1.82) is 0 Å². The number of carbonyl (C=O) groups is 1. The molecule has 3 atom stereocenters. The van der Waals surface area contributed by atoms with Crippen LogP contribution in [0.15, 0.2) is 22.7 Å². The van der Waals surface area contributed by atoms with Gasteiger partial charge < -0.3 is 15.0 Å². The molecule has 0 spiro atoms. The van der Waals surface area contributed by atoms with Crippen LogP contribution >= 0.6 is 15.9 Å². The summed E-state index contributed by atoms with van der Waals surface area (Å²) in [5.41, 5.74) is 0.731. The summed E-state index contributed by atoms with van der Waals surface area (Å²) >= 11 is 3.46. The molecule has 2 heterocycles. The van der Waals surface area contributed by atoms with Crippen molar-refractivity contribution < 1.29 is 9.53 Å². The van der Waals surface area contributed by atoms with Crippen molar-refractivity contribution in [2.75, 3.05) is 26.7 Å². The molecule has 0 radical (unpaired) electrons. The number of rotatable bonds is 3. The molecule has 21 heavy (non-hydrogen) atoms. The SMILES string of the molecule is CCC1C2CNCC2CN1C(=O)c1ccc(OC)c(Br)c1. The lowest BCUT2D eigenvalue weighted by Gasteiger charge is -2.27. The van der Waals surface area contributed by atoms with Crippen LogP contribution in [-0.2, 0) is 0 Å². The van der Waals surface area contributed by atoms with Crippen LogP contribution in [0.25, 0.3) is 0 Å². The zero-order valence-corrected chi connectivity index (χ0v) is 14.0. The number of benzene rings is 1. The minimum atomic E-state index is 0.139. The normalized spacial score (nSPS) is 27.8. The number of likely N-dealkylation sites (tertiary alicyclic amines) is 1. The summed E-state index contributed by atoms with van der Waals surface area (Å²) in [6.45, 7) is 5.13. The predicted molar refractivity (Wildman–Crippen MR) is 85.7 cm³/mol. The summed E-state index contributed by atoms with van der Waals surface area (Å²) in [6, 6.07) is 5.92. The van der Waals surface area contributed by atoms with E-state index in [-0.39, 0.29) is 5.91 Å². The number of halogens is 1. The molecule has 1 aromatic carbocycles. The van der Waals surface area contributed by atoms with Gasteiger partial charge in [-0.3, -0.25) is 4.79 Å². The van der Waals surface area contributed by atoms with E-state index in [9.17, 15) is 4.79 Å². The zero-order valence-electron chi connectivity index (χ0n) is 12.4. The Morgan fingerprint density at radius 1 is 1.48 bits per heavy atom. The fourth-order valence-corrected chi connectivity index (χ4v) is 4.29. The molecule has 2 aliphatic heterocycles. The Morgan fingerprint density at radius 2 is 2.29 bits per heavy atom. The summed E-state index contributed by atoms with van der Waals surface area (Å²) in [6.07, 6.45) is 1.02. The Labute approximate surface area is 134 Å². The third-order valence-electron chi connectivity index (χ3n) is 4.80. The first kappa shape index (κ1) is 14.9. The lowest BCUT2D eigenvalue weighted by atomic mass is 9.93. The predicted octanol–water partition coefficient (Wildman–Crippen LogP) is 2.53. The first-order valence-electron chi connectivity index (χ1n) is 7.51. The molecule has 1 N–H and O–H groups in total. The molecule has 0 aromatic heterocycles. The third kappa shape index (κ3) is 2.57. The van der Waals surface area contributed by atoms with E-state index in [1.54, 1.807) is 7.11 Å². The molecule has 4 nitrogen and oxygen atoms in total. The number of hydrogen-bond donors (Lipinski definition) is 1. The minimum absolute atomic E-state index is 0.139. The van der Waals surface area contributed by atoms with Crippen LogP contribution in [0.3, 0.4) is 0 Å². The highest BCUT2D eigenvalue weighted by Gasteiger charge is 2.45. The minimum Gasteiger partial charge on any atom is -0.496 e. The molecular formula is C16H21BrN2O2. The number of fused-ring (bicyclic) bond motifs is 1. The lowest BCUT2D eigenvalue weighted by Crippen LogP contribution is -2.39. The number of methoxy groups -OCH3 is 1. The Kier molecular flexibility index (Phi) is 4.22. The van der Waals surface area contributed by atoms with Gasteiger partial charge in [0.25, 0.3) is 5.91 Å². The van der Waals surface area contributed by atoms with Crippen molar-refractivity contribution in [3.05, 3.63) is 28.2 Å². The van der Waals surface area contributed by atoms with E-state index in [0.29, 0.717) is 17.9 Å². The summed E-state index contributed by atoms with van der Waals surface area (Å²) in [5.74, 6) is 2.11. The first-order chi connectivity index (χ1) is 10.2. The maximum atomic E-state index is 12.8. The van der Waals surface area contributed by atoms with Gasteiger partial charge in [-0.25, -0.2) is 0 Å². The van der Waals surface area contributed by atoms with Gasteiger partial charge in [0.1, 0.15) is 5.75 Å². The monoisotopic (exact) mass is 352 g/mol. The van der Waals surface area contributed by atoms with E-state index in [0.717, 1.165) is 41.8 Å². The molecule has 3 unspecified atom stereocenters. The Hall–Kier alpha value is -1.07. The number of nitrogens with zero attached hydrogens (tertiary/aromatic N) is 1. The van der Waals surface area contributed by atoms with Crippen molar-refractivity contribution in [2.24, 2.45) is 11.8 Å². The van der Waals surface area contributed by atoms with Crippen LogP contribution in [-0.4, -0.2) is 43.6 Å². The number of amides is 1. The topological polar surface area (TPSA) is 41.6 Å². The van der Waals surface area contributed by atoms with Crippen LogP contribution < -0.4 is 10.1 Å². The second kappa shape index (κ2) is 5.97. The van der Waals surface area contributed by atoms with Gasteiger partial charge in [-0.15, -0.1) is 0 Å². The summed E-state index contributed by atoms with van der Waals surface area (Å²) in [5, 5.41) is 3.45.